The van der Waals surface area contributed by atoms with Crippen LogP contribution in [0.15, 0.2) is 53.1 Å². The Balaban J connectivity index is 1.58. The van der Waals surface area contributed by atoms with Crippen LogP contribution in [0.5, 0.6) is 0 Å². The zero-order chi connectivity index (χ0) is 19.4. The molecule has 3 rings (SSSR count). The van der Waals surface area contributed by atoms with Gasteiger partial charge in [-0.05, 0) is 17.7 Å². The van der Waals surface area contributed by atoms with E-state index in [-0.39, 0.29) is 35.9 Å². The van der Waals surface area contributed by atoms with E-state index in [9.17, 15) is 23.7 Å². The topological polar surface area (TPSA) is 98.3 Å². The van der Waals surface area contributed by atoms with Crippen LogP contribution in [0, 0.1) is 21.7 Å². The van der Waals surface area contributed by atoms with Crippen molar-refractivity contribution in [2.45, 2.75) is 13.0 Å². The van der Waals surface area contributed by atoms with Crippen molar-refractivity contribution in [2.24, 2.45) is 0 Å². The average molecular weight is 373 g/mol. The van der Waals surface area contributed by atoms with Crippen molar-refractivity contribution < 1.29 is 23.0 Å². The summed E-state index contributed by atoms with van der Waals surface area (Å²) in [5.41, 5.74) is 0.993. The van der Waals surface area contributed by atoms with E-state index in [2.05, 4.69) is 10.5 Å². The zero-order valence-electron chi connectivity index (χ0n) is 13.8. The number of rotatable bonds is 6. The zero-order valence-corrected chi connectivity index (χ0v) is 13.8. The molecule has 0 unspecified atom stereocenters. The second-order valence-electron chi connectivity index (χ2n) is 5.68. The lowest BCUT2D eigenvalue weighted by atomic mass is 10.1. The van der Waals surface area contributed by atoms with Crippen LogP contribution >= 0.6 is 0 Å². The van der Waals surface area contributed by atoms with Crippen molar-refractivity contribution in [3.63, 3.8) is 0 Å². The van der Waals surface area contributed by atoms with Gasteiger partial charge in [-0.2, -0.15) is 0 Å². The molecule has 1 N–H and O–H groups in total. The maximum Gasteiger partial charge on any atom is 0.269 e. The number of carbonyl (C=O) groups excluding carboxylic acids is 1. The summed E-state index contributed by atoms with van der Waals surface area (Å²) in [5.74, 6) is -1.68. The molecule has 1 aromatic heterocycles. The quantitative estimate of drug-likeness (QED) is 0.528. The van der Waals surface area contributed by atoms with Crippen LogP contribution < -0.4 is 5.32 Å². The molecule has 2 aromatic carbocycles. The number of non-ortho nitro benzene ring substituents is 1. The molecule has 0 aliphatic heterocycles. The fourth-order valence-corrected chi connectivity index (χ4v) is 2.38. The molecule has 0 radical (unpaired) electrons. The highest BCUT2D eigenvalue weighted by Gasteiger charge is 2.13. The lowest BCUT2D eigenvalue weighted by Crippen LogP contribution is -2.24. The molecule has 27 heavy (non-hydrogen) atoms. The molecule has 0 atom stereocenters. The summed E-state index contributed by atoms with van der Waals surface area (Å²) in [6, 6.07) is 10.2. The van der Waals surface area contributed by atoms with Gasteiger partial charge in [-0.25, -0.2) is 8.78 Å². The monoisotopic (exact) mass is 373 g/mol. The van der Waals surface area contributed by atoms with Crippen molar-refractivity contribution in [1.29, 1.82) is 0 Å². The Kier molecular flexibility index (Phi) is 5.20. The lowest BCUT2D eigenvalue weighted by Gasteiger charge is -2.03. The summed E-state index contributed by atoms with van der Waals surface area (Å²) in [6.07, 6.45) is 0.0370. The van der Waals surface area contributed by atoms with Crippen LogP contribution in [0.3, 0.4) is 0 Å². The minimum atomic E-state index is -0.778. The van der Waals surface area contributed by atoms with E-state index in [1.165, 1.54) is 36.4 Å². The number of nitro benzene ring substituents is 1. The number of nitro groups is 1. The first-order chi connectivity index (χ1) is 12.9. The second-order valence-corrected chi connectivity index (χ2v) is 5.68. The molecule has 0 saturated carbocycles. The van der Waals surface area contributed by atoms with Crippen molar-refractivity contribution in [3.8, 4) is 11.3 Å². The van der Waals surface area contributed by atoms with E-state index in [0.717, 1.165) is 12.1 Å². The van der Waals surface area contributed by atoms with Gasteiger partial charge in [0, 0.05) is 24.3 Å². The summed E-state index contributed by atoms with van der Waals surface area (Å²) in [4.78, 5) is 22.1. The fraction of sp³-hybridized carbons (Fsp3) is 0.111. The first kappa shape index (κ1) is 18.2. The van der Waals surface area contributed by atoms with Gasteiger partial charge in [0.15, 0.2) is 5.76 Å². The van der Waals surface area contributed by atoms with Gasteiger partial charge in [0.25, 0.3) is 5.69 Å². The lowest BCUT2D eigenvalue weighted by molar-refractivity contribution is -0.384. The molecule has 138 valence electrons. The molecule has 0 saturated heterocycles. The van der Waals surface area contributed by atoms with Crippen LogP contribution in [0.25, 0.3) is 11.3 Å². The highest BCUT2D eigenvalue weighted by Crippen LogP contribution is 2.24. The number of aromatic nitrogens is 1. The molecule has 1 amide bonds. The van der Waals surface area contributed by atoms with Gasteiger partial charge in [-0.3, -0.25) is 14.9 Å². The Bertz CT molecular complexity index is 987. The first-order valence-electron chi connectivity index (χ1n) is 7.83. The molecule has 0 spiro atoms. The number of hydrogen-bond donors (Lipinski definition) is 1. The molecule has 0 bridgehead atoms. The van der Waals surface area contributed by atoms with E-state index < -0.39 is 16.6 Å². The Labute approximate surface area is 151 Å². The summed E-state index contributed by atoms with van der Waals surface area (Å²) in [6.45, 7) is 0.0537. The highest BCUT2D eigenvalue weighted by atomic mass is 19.1. The fourth-order valence-electron chi connectivity index (χ4n) is 2.38. The summed E-state index contributed by atoms with van der Waals surface area (Å²) >= 11 is 0. The maximum atomic E-state index is 13.7. The number of halogens is 2. The molecule has 1 heterocycles. The standard InChI is InChI=1S/C18H13F2N3O4/c19-12-3-6-15(16(20)8-12)17-9-13(22-27-17)10-21-18(24)7-11-1-4-14(5-2-11)23(25)26/h1-6,8-9H,7,10H2,(H,21,24). The Morgan fingerprint density at radius 1 is 1.15 bits per heavy atom. The Morgan fingerprint density at radius 3 is 2.56 bits per heavy atom. The number of nitrogens with one attached hydrogen (secondary N) is 1. The molecular weight excluding hydrogens is 360 g/mol. The van der Waals surface area contributed by atoms with Crippen molar-refractivity contribution in [1.82, 2.24) is 10.5 Å². The van der Waals surface area contributed by atoms with Gasteiger partial charge < -0.3 is 9.84 Å². The number of amides is 1. The van der Waals surface area contributed by atoms with E-state index >= 15 is 0 Å². The van der Waals surface area contributed by atoms with Gasteiger partial charge in [0.05, 0.1) is 23.5 Å². The number of hydrogen-bond acceptors (Lipinski definition) is 5. The van der Waals surface area contributed by atoms with Gasteiger partial charge in [-0.1, -0.05) is 17.3 Å². The molecule has 7 nitrogen and oxygen atoms in total. The van der Waals surface area contributed by atoms with E-state index in [1.54, 1.807) is 0 Å². The van der Waals surface area contributed by atoms with E-state index in [1.807, 2.05) is 0 Å². The number of benzene rings is 2. The van der Waals surface area contributed by atoms with Crippen LogP contribution in [-0.2, 0) is 17.8 Å². The summed E-state index contributed by atoms with van der Waals surface area (Å²) in [7, 11) is 0. The second kappa shape index (κ2) is 7.73. The maximum absolute atomic E-state index is 13.7. The molecular formula is C18H13F2N3O4. The van der Waals surface area contributed by atoms with Gasteiger partial charge in [0.2, 0.25) is 5.91 Å². The summed E-state index contributed by atoms with van der Waals surface area (Å²) in [5, 5.41) is 17.0. The highest BCUT2D eigenvalue weighted by molar-refractivity contribution is 5.78. The SMILES string of the molecule is O=C(Cc1ccc([N+](=O)[O-])cc1)NCc1cc(-c2ccc(F)cc2F)on1. The number of nitrogens with zero attached hydrogens (tertiary/aromatic N) is 2. The van der Waals surface area contributed by atoms with E-state index in [0.29, 0.717) is 11.3 Å². The molecule has 0 aliphatic carbocycles. The number of carbonyl (C=O) groups is 1. The van der Waals surface area contributed by atoms with Crippen LogP contribution in [-0.4, -0.2) is 16.0 Å². The van der Waals surface area contributed by atoms with Crippen LogP contribution in [0.1, 0.15) is 11.3 Å². The Morgan fingerprint density at radius 2 is 1.89 bits per heavy atom. The summed E-state index contributed by atoms with van der Waals surface area (Å²) < 4.78 is 31.7. The van der Waals surface area contributed by atoms with Crippen LogP contribution in [0.4, 0.5) is 14.5 Å². The third kappa shape index (κ3) is 4.51. The van der Waals surface area contributed by atoms with Gasteiger partial charge >= 0.3 is 0 Å². The third-order valence-electron chi connectivity index (χ3n) is 3.73. The smallest absolute Gasteiger partial charge is 0.269 e. The van der Waals surface area contributed by atoms with Crippen molar-refractivity contribution in [3.05, 3.63) is 81.5 Å². The van der Waals surface area contributed by atoms with Crippen LogP contribution in [0.2, 0.25) is 0 Å². The van der Waals surface area contributed by atoms with Crippen molar-refractivity contribution >= 4 is 11.6 Å². The Hall–Kier alpha value is -3.62. The predicted octanol–water partition coefficient (Wildman–Crippen LogP) is 3.39. The minimum Gasteiger partial charge on any atom is -0.356 e. The minimum absolute atomic E-state index is 0.0370. The molecule has 3 aromatic rings. The first-order valence-corrected chi connectivity index (χ1v) is 7.83. The predicted molar refractivity (Wildman–Crippen MR) is 90.5 cm³/mol. The largest absolute Gasteiger partial charge is 0.356 e. The molecule has 0 aliphatic rings. The average Bonchev–Trinajstić information content (AvgIpc) is 3.09. The molecule has 9 heteroatoms. The van der Waals surface area contributed by atoms with E-state index in [4.69, 9.17) is 4.52 Å². The molecule has 0 fully saturated rings. The van der Waals surface area contributed by atoms with Gasteiger partial charge in [-0.15, -0.1) is 0 Å². The van der Waals surface area contributed by atoms with Gasteiger partial charge in [0.1, 0.15) is 17.3 Å². The van der Waals surface area contributed by atoms with Crippen molar-refractivity contribution in [2.75, 3.05) is 0 Å². The third-order valence-corrected chi connectivity index (χ3v) is 3.73. The normalized spacial score (nSPS) is 10.6.